The molecule has 1 aromatic rings. The monoisotopic (exact) mass is 258 g/mol. The minimum atomic E-state index is 0.616. The van der Waals surface area contributed by atoms with Crippen LogP contribution in [0.2, 0.25) is 5.02 Å². The molecule has 0 spiro atoms. The summed E-state index contributed by atoms with van der Waals surface area (Å²) in [6, 6.07) is 5.65. The summed E-state index contributed by atoms with van der Waals surface area (Å²) in [5, 5.41) is 7.13. The first-order chi connectivity index (χ1) is 8.27. The van der Waals surface area contributed by atoms with E-state index < -0.39 is 0 Å². The standard InChI is InChI=1S/C12H19ClN2O2/c1-16-8-7-14-5-6-15-10-3-4-12(17-2)11(13)9-10/h3-4,9,14-15H,5-8H2,1-2H3. The Morgan fingerprint density at radius 2 is 2.00 bits per heavy atom. The third kappa shape index (κ3) is 5.26. The largest absolute Gasteiger partial charge is 0.495 e. The molecular weight excluding hydrogens is 240 g/mol. The van der Waals surface area contributed by atoms with Crippen LogP contribution in [0.3, 0.4) is 0 Å². The minimum Gasteiger partial charge on any atom is -0.495 e. The molecule has 5 heteroatoms. The van der Waals surface area contributed by atoms with Crippen molar-refractivity contribution in [2.45, 2.75) is 0 Å². The van der Waals surface area contributed by atoms with E-state index >= 15 is 0 Å². The Bertz CT molecular complexity index is 334. The number of hydrogen-bond donors (Lipinski definition) is 2. The Morgan fingerprint density at radius 3 is 2.65 bits per heavy atom. The summed E-state index contributed by atoms with van der Waals surface area (Å²) in [6.45, 7) is 3.31. The van der Waals surface area contributed by atoms with Gasteiger partial charge in [0.15, 0.2) is 0 Å². The van der Waals surface area contributed by atoms with Gasteiger partial charge in [0, 0.05) is 32.4 Å². The molecule has 0 atom stereocenters. The number of rotatable bonds is 8. The summed E-state index contributed by atoms with van der Waals surface area (Å²) in [5.74, 6) is 0.690. The highest BCUT2D eigenvalue weighted by Crippen LogP contribution is 2.26. The van der Waals surface area contributed by atoms with Crippen molar-refractivity contribution in [1.82, 2.24) is 5.32 Å². The molecule has 0 heterocycles. The average molecular weight is 259 g/mol. The molecule has 0 saturated carbocycles. The molecule has 0 aliphatic rings. The highest BCUT2D eigenvalue weighted by molar-refractivity contribution is 6.32. The molecule has 1 rings (SSSR count). The molecular formula is C12H19ClN2O2. The summed E-state index contributed by atoms with van der Waals surface area (Å²) in [7, 11) is 3.30. The van der Waals surface area contributed by atoms with Gasteiger partial charge in [-0.2, -0.15) is 0 Å². The molecule has 0 bridgehead atoms. The van der Waals surface area contributed by atoms with Gasteiger partial charge >= 0.3 is 0 Å². The Labute approximate surface area is 107 Å². The zero-order valence-corrected chi connectivity index (χ0v) is 11.0. The molecule has 4 nitrogen and oxygen atoms in total. The Morgan fingerprint density at radius 1 is 1.18 bits per heavy atom. The summed E-state index contributed by atoms with van der Waals surface area (Å²) in [5.41, 5.74) is 0.990. The minimum absolute atomic E-state index is 0.616. The maximum Gasteiger partial charge on any atom is 0.137 e. The number of anilines is 1. The molecule has 96 valence electrons. The van der Waals surface area contributed by atoms with Crippen LogP contribution in [0.5, 0.6) is 5.75 Å². The smallest absolute Gasteiger partial charge is 0.137 e. The SMILES string of the molecule is COCCNCCNc1ccc(OC)c(Cl)c1. The topological polar surface area (TPSA) is 42.5 Å². The molecule has 0 unspecified atom stereocenters. The van der Waals surface area contributed by atoms with E-state index in [1.54, 1.807) is 14.2 Å². The molecule has 0 aliphatic heterocycles. The lowest BCUT2D eigenvalue weighted by Crippen LogP contribution is -2.25. The van der Waals surface area contributed by atoms with Crippen LogP contribution < -0.4 is 15.4 Å². The van der Waals surface area contributed by atoms with E-state index in [4.69, 9.17) is 21.1 Å². The third-order valence-corrected chi connectivity index (χ3v) is 2.56. The molecule has 0 saturated heterocycles. The van der Waals surface area contributed by atoms with E-state index in [9.17, 15) is 0 Å². The molecule has 2 N–H and O–H groups in total. The molecule has 0 aromatic heterocycles. The highest BCUT2D eigenvalue weighted by atomic mass is 35.5. The number of ether oxygens (including phenoxy) is 2. The van der Waals surface area contributed by atoms with Gasteiger partial charge in [-0.1, -0.05) is 11.6 Å². The lowest BCUT2D eigenvalue weighted by atomic mass is 10.3. The molecule has 17 heavy (non-hydrogen) atoms. The van der Waals surface area contributed by atoms with Crippen LogP contribution in [0.15, 0.2) is 18.2 Å². The molecule has 0 amide bonds. The lowest BCUT2D eigenvalue weighted by molar-refractivity contribution is 0.200. The van der Waals surface area contributed by atoms with Crippen molar-refractivity contribution in [2.75, 3.05) is 45.8 Å². The second-order valence-corrected chi connectivity index (χ2v) is 3.93. The first kappa shape index (κ1) is 14.1. The summed E-state index contributed by atoms with van der Waals surface area (Å²) < 4.78 is 10.0. The van der Waals surface area contributed by atoms with Crippen molar-refractivity contribution in [2.24, 2.45) is 0 Å². The molecule has 0 fully saturated rings. The number of hydrogen-bond acceptors (Lipinski definition) is 4. The van der Waals surface area contributed by atoms with Gasteiger partial charge in [0.1, 0.15) is 5.75 Å². The number of benzene rings is 1. The van der Waals surface area contributed by atoms with Crippen LogP contribution in [-0.2, 0) is 4.74 Å². The van der Waals surface area contributed by atoms with E-state index in [2.05, 4.69) is 10.6 Å². The van der Waals surface area contributed by atoms with E-state index in [-0.39, 0.29) is 0 Å². The van der Waals surface area contributed by atoms with E-state index in [1.807, 2.05) is 18.2 Å². The van der Waals surface area contributed by atoms with Gasteiger partial charge in [0.2, 0.25) is 0 Å². The van der Waals surface area contributed by atoms with E-state index in [0.717, 1.165) is 31.9 Å². The fraction of sp³-hybridized carbons (Fsp3) is 0.500. The van der Waals surface area contributed by atoms with Gasteiger partial charge in [-0.15, -0.1) is 0 Å². The zero-order valence-electron chi connectivity index (χ0n) is 10.3. The number of nitrogens with one attached hydrogen (secondary N) is 2. The van der Waals surface area contributed by atoms with Crippen LogP contribution in [0.1, 0.15) is 0 Å². The number of halogens is 1. The van der Waals surface area contributed by atoms with Crippen LogP contribution in [0, 0.1) is 0 Å². The first-order valence-corrected chi connectivity index (χ1v) is 5.92. The number of methoxy groups -OCH3 is 2. The van der Waals surface area contributed by atoms with Gasteiger partial charge in [-0.05, 0) is 18.2 Å². The van der Waals surface area contributed by atoms with Crippen LogP contribution >= 0.6 is 11.6 Å². The van der Waals surface area contributed by atoms with E-state index in [1.165, 1.54) is 0 Å². The Kier molecular flexibility index (Phi) is 6.77. The fourth-order valence-corrected chi connectivity index (χ4v) is 1.63. The predicted molar refractivity (Wildman–Crippen MR) is 71.2 cm³/mol. The van der Waals surface area contributed by atoms with Crippen molar-refractivity contribution in [1.29, 1.82) is 0 Å². The normalized spacial score (nSPS) is 10.3. The van der Waals surface area contributed by atoms with Crippen molar-refractivity contribution < 1.29 is 9.47 Å². The third-order valence-electron chi connectivity index (χ3n) is 2.27. The summed E-state index contributed by atoms with van der Waals surface area (Å²) >= 11 is 6.01. The second kappa shape index (κ2) is 8.17. The van der Waals surface area contributed by atoms with Crippen LogP contribution in [-0.4, -0.2) is 40.5 Å². The molecule has 0 aliphatic carbocycles. The second-order valence-electron chi connectivity index (χ2n) is 3.52. The maximum atomic E-state index is 6.01. The first-order valence-electron chi connectivity index (χ1n) is 5.55. The Hall–Kier alpha value is -0.970. The lowest BCUT2D eigenvalue weighted by Gasteiger charge is -2.09. The van der Waals surface area contributed by atoms with Gasteiger partial charge in [-0.3, -0.25) is 0 Å². The predicted octanol–water partition coefficient (Wildman–Crippen LogP) is 2.00. The zero-order chi connectivity index (χ0) is 12.5. The summed E-state index contributed by atoms with van der Waals surface area (Å²) in [4.78, 5) is 0. The van der Waals surface area contributed by atoms with Crippen LogP contribution in [0.4, 0.5) is 5.69 Å². The van der Waals surface area contributed by atoms with E-state index in [0.29, 0.717) is 10.8 Å². The van der Waals surface area contributed by atoms with Crippen molar-refractivity contribution in [3.05, 3.63) is 23.2 Å². The average Bonchev–Trinajstić information content (AvgIpc) is 2.34. The van der Waals surface area contributed by atoms with Gasteiger partial charge in [0.05, 0.1) is 18.7 Å². The van der Waals surface area contributed by atoms with Crippen molar-refractivity contribution >= 4 is 17.3 Å². The molecule has 1 aromatic carbocycles. The van der Waals surface area contributed by atoms with Gasteiger partial charge < -0.3 is 20.1 Å². The van der Waals surface area contributed by atoms with Crippen LogP contribution in [0.25, 0.3) is 0 Å². The highest BCUT2D eigenvalue weighted by Gasteiger charge is 2.00. The van der Waals surface area contributed by atoms with Crippen molar-refractivity contribution in [3.63, 3.8) is 0 Å². The summed E-state index contributed by atoms with van der Waals surface area (Å²) in [6.07, 6.45) is 0. The Balaban J connectivity index is 2.25. The molecule has 0 radical (unpaired) electrons. The van der Waals surface area contributed by atoms with Gasteiger partial charge in [0.25, 0.3) is 0 Å². The maximum absolute atomic E-state index is 6.01. The fourth-order valence-electron chi connectivity index (χ4n) is 1.37. The van der Waals surface area contributed by atoms with Gasteiger partial charge in [-0.25, -0.2) is 0 Å². The quantitative estimate of drug-likeness (QED) is 0.700. The van der Waals surface area contributed by atoms with Crippen molar-refractivity contribution in [3.8, 4) is 5.75 Å².